The molecule has 8 heteroatoms. The van der Waals surface area contributed by atoms with Crippen molar-refractivity contribution in [2.24, 2.45) is 0 Å². The molecule has 3 aromatic rings. The van der Waals surface area contributed by atoms with Crippen LogP contribution >= 0.6 is 0 Å². The van der Waals surface area contributed by atoms with Crippen LogP contribution in [0.25, 0.3) is 0 Å². The van der Waals surface area contributed by atoms with Crippen molar-refractivity contribution in [3.63, 3.8) is 0 Å². The number of amides is 1. The molecule has 2 N–H and O–H groups in total. The molecule has 0 spiro atoms. The topological polar surface area (TPSA) is 97.3 Å². The van der Waals surface area contributed by atoms with Crippen LogP contribution in [0.5, 0.6) is 11.5 Å². The van der Waals surface area contributed by atoms with Crippen molar-refractivity contribution >= 4 is 23.3 Å². The Morgan fingerprint density at radius 2 is 1.89 bits per heavy atom. The number of nitrogens with one attached hydrogen (secondary N) is 1. The molecule has 2 atom stereocenters. The molecule has 1 heterocycles. The number of methoxy groups -OCH3 is 1. The van der Waals surface area contributed by atoms with Gasteiger partial charge in [-0.05, 0) is 66.6 Å². The van der Waals surface area contributed by atoms with E-state index in [1.165, 1.54) is 7.11 Å². The maximum absolute atomic E-state index is 12.7. The number of aliphatic hydroxyl groups is 1. The van der Waals surface area contributed by atoms with Gasteiger partial charge in [0.1, 0.15) is 24.2 Å². The third kappa shape index (κ3) is 5.73. The highest BCUT2D eigenvalue weighted by atomic mass is 16.5. The average molecular weight is 477 g/mol. The number of aliphatic hydroxyl groups excluding tert-OH is 1. The number of carbonyl (C=O) groups excluding carboxylic acids is 2. The van der Waals surface area contributed by atoms with Crippen molar-refractivity contribution in [3.05, 3.63) is 83.4 Å². The van der Waals surface area contributed by atoms with Crippen molar-refractivity contribution in [1.29, 1.82) is 0 Å². The maximum atomic E-state index is 12.7. The fourth-order valence-corrected chi connectivity index (χ4v) is 3.96. The summed E-state index contributed by atoms with van der Waals surface area (Å²) in [6, 6.07) is 19.7. The molecule has 1 amide bonds. The van der Waals surface area contributed by atoms with Crippen LogP contribution in [0, 0.1) is 6.92 Å². The minimum Gasteiger partial charge on any atom is -0.490 e. The van der Waals surface area contributed by atoms with Crippen LogP contribution in [0.15, 0.2) is 66.7 Å². The van der Waals surface area contributed by atoms with Gasteiger partial charge in [0, 0.05) is 18.3 Å². The van der Waals surface area contributed by atoms with E-state index in [1.54, 1.807) is 42.5 Å². The van der Waals surface area contributed by atoms with Gasteiger partial charge in [0.2, 0.25) is 0 Å². The van der Waals surface area contributed by atoms with Gasteiger partial charge in [-0.15, -0.1) is 0 Å². The van der Waals surface area contributed by atoms with Gasteiger partial charge in [-0.25, -0.2) is 4.79 Å². The van der Waals surface area contributed by atoms with Crippen molar-refractivity contribution in [2.75, 3.05) is 37.5 Å². The monoisotopic (exact) mass is 476 g/mol. The lowest BCUT2D eigenvalue weighted by Crippen LogP contribution is -2.41. The third-order valence-corrected chi connectivity index (χ3v) is 5.70. The summed E-state index contributed by atoms with van der Waals surface area (Å²) >= 11 is 0. The fourth-order valence-electron chi connectivity index (χ4n) is 3.96. The van der Waals surface area contributed by atoms with Gasteiger partial charge in [-0.3, -0.25) is 4.79 Å². The molecule has 0 aliphatic carbocycles. The second kappa shape index (κ2) is 10.5. The first-order chi connectivity index (χ1) is 16.8. The van der Waals surface area contributed by atoms with Gasteiger partial charge < -0.3 is 29.5 Å². The number of nitrogens with zero attached hydrogens (tertiary/aromatic N) is 1. The highest BCUT2D eigenvalue weighted by molar-refractivity contribution is 6.04. The van der Waals surface area contributed by atoms with E-state index in [0.717, 1.165) is 17.0 Å². The number of aryl methyl sites for hydroxylation is 1. The molecule has 0 saturated heterocycles. The Labute approximate surface area is 204 Å². The minimum atomic E-state index is -1.42. The number of fused-ring (bicyclic) bond motifs is 1. The van der Waals surface area contributed by atoms with Crippen LogP contribution < -0.4 is 19.7 Å². The molecule has 0 fully saturated rings. The van der Waals surface area contributed by atoms with Crippen molar-refractivity contribution < 1.29 is 28.9 Å². The molecule has 35 heavy (non-hydrogen) atoms. The number of hydrogen-bond acceptors (Lipinski definition) is 7. The van der Waals surface area contributed by atoms with Gasteiger partial charge >= 0.3 is 5.97 Å². The molecule has 0 saturated carbocycles. The summed E-state index contributed by atoms with van der Waals surface area (Å²) in [6.07, 6.45) is -1.54. The molecule has 3 aromatic carbocycles. The normalized spacial score (nSPS) is 15.4. The molecule has 182 valence electrons. The lowest BCUT2D eigenvalue weighted by atomic mass is 10.0. The molecule has 0 radical (unpaired) electrons. The van der Waals surface area contributed by atoms with Crippen LogP contribution in [-0.2, 0) is 9.53 Å². The van der Waals surface area contributed by atoms with Crippen molar-refractivity contribution in [1.82, 2.24) is 0 Å². The molecule has 8 nitrogen and oxygen atoms in total. The predicted molar refractivity (Wildman–Crippen MR) is 132 cm³/mol. The summed E-state index contributed by atoms with van der Waals surface area (Å²) in [5.41, 5.74) is 3.08. The number of para-hydroxylation sites is 2. The molecule has 0 bridgehead atoms. The zero-order valence-corrected chi connectivity index (χ0v) is 19.9. The Balaban J connectivity index is 1.36. The van der Waals surface area contributed by atoms with Crippen LogP contribution in [0.2, 0.25) is 0 Å². The molecule has 1 aliphatic rings. The first-order valence-corrected chi connectivity index (χ1v) is 11.2. The highest BCUT2D eigenvalue weighted by Crippen LogP contribution is 2.32. The number of carbonyl (C=O) groups is 2. The molecule has 1 unspecified atom stereocenters. The second-order valence-electron chi connectivity index (χ2n) is 8.44. The lowest BCUT2D eigenvalue weighted by Gasteiger charge is -2.33. The predicted octanol–water partition coefficient (Wildman–Crippen LogP) is 3.73. The zero-order valence-electron chi connectivity index (χ0n) is 19.9. The third-order valence-electron chi connectivity index (χ3n) is 5.70. The number of likely N-dealkylation sites (N-methyl/N-ethyl adjacent to an activating group) is 1. The highest BCUT2D eigenvalue weighted by Gasteiger charge is 2.23. The molecular formula is C27H28N2O6. The van der Waals surface area contributed by atoms with Crippen molar-refractivity contribution in [2.45, 2.75) is 19.1 Å². The second-order valence-corrected chi connectivity index (χ2v) is 8.44. The van der Waals surface area contributed by atoms with Gasteiger partial charge in [0.05, 0.1) is 19.3 Å². The van der Waals surface area contributed by atoms with Crippen LogP contribution in [0.3, 0.4) is 0 Å². The van der Waals surface area contributed by atoms with E-state index in [1.807, 2.05) is 38.2 Å². The zero-order chi connectivity index (χ0) is 24.9. The first-order valence-electron chi connectivity index (χ1n) is 11.2. The Kier molecular flexibility index (Phi) is 7.22. The molecule has 0 aromatic heterocycles. The van der Waals surface area contributed by atoms with Crippen LogP contribution in [0.1, 0.15) is 27.6 Å². The van der Waals surface area contributed by atoms with E-state index in [4.69, 9.17) is 9.47 Å². The van der Waals surface area contributed by atoms with E-state index < -0.39 is 12.1 Å². The summed E-state index contributed by atoms with van der Waals surface area (Å²) in [6.45, 7) is 2.89. The standard InChI is InChI=1S/C27H28N2O6/c1-17-12-19(25(30)27(32)33-3)14-20(13-17)28-26(31)18-8-10-21(11-9-18)34-16-22-15-29(2)23-6-4-5-7-24(23)35-22/h4-14,22,25,30H,15-16H2,1-3H3,(H,28,31)/t22-,25?/m0/s1. The van der Waals surface area contributed by atoms with E-state index in [2.05, 4.69) is 15.0 Å². The van der Waals surface area contributed by atoms with E-state index >= 15 is 0 Å². The number of rotatable bonds is 7. The minimum absolute atomic E-state index is 0.117. The van der Waals surface area contributed by atoms with Crippen molar-refractivity contribution in [3.8, 4) is 11.5 Å². The smallest absolute Gasteiger partial charge is 0.339 e. The molecular weight excluding hydrogens is 448 g/mol. The van der Waals surface area contributed by atoms with E-state index in [0.29, 0.717) is 35.7 Å². The van der Waals surface area contributed by atoms with Gasteiger partial charge in [-0.2, -0.15) is 0 Å². The summed E-state index contributed by atoms with van der Waals surface area (Å²) < 4.78 is 16.5. The SMILES string of the molecule is COC(=O)C(O)c1cc(C)cc(NC(=O)c2ccc(OC[C@@H]3CN(C)c4ccccc4O3)cc2)c1. The van der Waals surface area contributed by atoms with Crippen LogP contribution in [-0.4, -0.2) is 50.4 Å². The first kappa shape index (κ1) is 24.1. The summed E-state index contributed by atoms with van der Waals surface area (Å²) in [5, 5.41) is 12.9. The molecule has 1 aliphatic heterocycles. The van der Waals surface area contributed by atoms with Gasteiger partial charge in [-0.1, -0.05) is 18.2 Å². The van der Waals surface area contributed by atoms with Gasteiger partial charge in [0.25, 0.3) is 5.91 Å². The van der Waals surface area contributed by atoms with Crippen LogP contribution in [0.4, 0.5) is 11.4 Å². The Morgan fingerprint density at radius 3 is 2.63 bits per heavy atom. The van der Waals surface area contributed by atoms with Gasteiger partial charge in [0.15, 0.2) is 6.10 Å². The average Bonchev–Trinajstić information content (AvgIpc) is 2.86. The number of benzene rings is 3. The Hall–Kier alpha value is -4.04. The Bertz CT molecular complexity index is 1210. The lowest BCUT2D eigenvalue weighted by molar-refractivity contribution is -0.150. The Morgan fingerprint density at radius 1 is 1.14 bits per heavy atom. The van der Waals surface area contributed by atoms with E-state index in [9.17, 15) is 14.7 Å². The number of hydrogen-bond donors (Lipinski definition) is 2. The quantitative estimate of drug-likeness (QED) is 0.502. The maximum Gasteiger partial charge on any atom is 0.339 e. The fraction of sp³-hybridized carbons (Fsp3) is 0.259. The number of anilines is 2. The summed E-state index contributed by atoms with van der Waals surface area (Å²) in [7, 11) is 3.23. The number of esters is 1. The summed E-state index contributed by atoms with van der Waals surface area (Å²) in [4.78, 5) is 26.5. The largest absolute Gasteiger partial charge is 0.490 e. The summed E-state index contributed by atoms with van der Waals surface area (Å²) in [5.74, 6) is 0.374. The number of ether oxygens (including phenoxy) is 3. The molecule has 4 rings (SSSR count). The van der Waals surface area contributed by atoms with E-state index in [-0.39, 0.29) is 12.0 Å².